The monoisotopic (exact) mass is 965 g/mol. The van der Waals surface area contributed by atoms with Gasteiger partial charge in [0.1, 0.15) is 40.8 Å². The number of thiophene rings is 2. The lowest BCUT2D eigenvalue weighted by atomic mass is 9.43. The Hall–Kier alpha value is -7.31. The molecule has 1 aliphatic rings. The number of amides is 1. The lowest BCUT2D eigenvalue weighted by Gasteiger charge is -2.64. The van der Waals surface area contributed by atoms with Gasteiger partial charge in [0.15, 0.2) is 12.6 Å². The third kappa shape index (κ3) is 14.6. The standard InChI is InChI=1S/C22H26N2O6.C12H15NO3.C7H6O.2C5H4OS/c1-23-21(19(25)26)17(13-5-9-15(29-3)10-6-13)22(24-2,20(27)28)18(21)14-7-11-16(30-4)12-8-14;1-12(2,3)16-11(15)13-10-6-4-9(8-14)5-7-10;8-6-7-4-2-1-3-5-7;2*6-4-5-2-1-3-7-5/h5-12,17-18,23-24H,1-4H3,(H,25,26)(H,27,28);4-8H,1-3H3,(H,13,15);1-6H;2*1-4H. The molecule has 0 unspecified atom stereocenters. The fraction of sp³-hybridized carbons (Fsp3) is 0.235. The highest BCUT2D eigenvalue weighted by molar-refractivity contribution is 7.11. The average Bonchev–Trinajstić information content (AvgIpc) is 4.09. The van der Waals surface area contributed by atoms with Crippen molar-refractivity contribution in [1.29, 1.82) is 0 Å². The second-order valence-electron chi connectivity index (χ2n) is 15.4. The molecule has 17 heteroatoms. The van der Waals surface area contributed by atoms with Crippen molar-refractivity contribution in [1.82, 2.24) is 10.6 Å². The average molecular weight is 966 g/mol. The van der Waals surface area contributed by atoms with Crippen LogP contribution in [-0.2, 0) is 14.3 Å². The zero-order valence-electron chi connectivity index (χ0n) is 38.5. The number of hydrogen-bond donors (Lipinski definition) is 5. The van der Waals surface area contributed by atoms with Crippen LogP contribution in [-0.4, -0.2) is 98.4 Å². The van der Waals surface area contributed by atoms with Crippen LogP contribution in [0.25, 0.3) is 0 Å². The molecule has 6 aromatic rings. The van der Waals surface area contributed by atoms with Crippen LogP contribution in [0.1, 0.15) is 83.8 Å². The van der Waals surface area contributed by atoms with Gasteiger partial charge in [0, 0.05) is 28.7 Å². The van der Waals surface area contributed by atoms with Crippen LogP contribution >= 0.6 is 22.7 Å². The first-order valence-corrected chi connectivity index (χ1v) is 22.4. The highest BCUT2D eigenvalue weighted by Crippen LogP contribution is 2.62. The molecule has 15 nitrogen and oxygen atoms in total. The SMILES string of the molecule is CC(C)(C)OC(=O)Nc1ccc(C=O)cc1.CNC1(C(=O)O)C(c2ccc(OC)cc2)C(NC)(C(=O)O)C1c1ccc(OC)cc1.O=Cc1ccccc1.O=Cc1cccs1.O=Cc1cccs1. The van der Waals surface area contributed by atoms with Crippen LogP contribution in [0.15, 0.2) is 138 Å². The number of carbonyl (C=O) groups excluding carboxylic acids is 5. The molecule has 0 aliphatic heterocycles. The van der Waals surface area contributed by atoms with Crippen LogP contribution < -0.4 is 25.4 Å². The van der Waals surface area contributed by atoms with E-state index in [1.165, 1.54) is 36.9 Å². The summed E-state index contributed by atoms with van der Waals surface area (Å²) in [5.74, 6) is -2.85. The summed E-state index contributed by atoms with van der Waals surface area (Å²) in [5.41, 5.74) is -0.577. The summed E-state index contributed by atoms with van der Waals surface area (Å²) < 4.78 is 15.5. The number of carboxylic acid groups (broad SMARTS) is 2. The summed E-state index contributed by atoms with van der Waals surface area (Å²) in [6, 6.07) is 36.5. The van der Waals surface area contributed by atoms with Gasteiger partial charge in [-0.3, -0.25) is 34.1 Å². The molecule has 2 heterocycles. The number of aliphatic carboxylic acids is 2. The zero-order valence-corrected chi connectivity index (χ0v) is 40.2. The minimum absolute atomic E-state index is 0.508. The molecule has 7 rings (SSSR count). The fourth-order valence-electron chi connectivity index (χ4n) is 7.20. The van der Waals surface area contributed by atoms with Gasteiger partial charge in [0.25, 0.3) is 0 Å². The zero-order chi connectivity index (χ0) is 50.3. The number of rotatable bonds is 13. The molecule has 0 bridgehead atoms. The number of benzene rings is 4. The molecule has 5 N–H and O–H groups in total. The van der Waals surface area contributed by atoms with E-state index in [9.17, 15) is 43.8 Å². The van der Waals surface area contributed by atoms with E-state index in [4.69, 9.17) is 14.2 Å². The van der Waals surface area contributed by atoms with Crippen LogP contribution in [0.5, 0.6) is 11.5 Å². The number of anilines is 1. The van der Waals surface area contributed by atoms with Gasteiger partial charge in [0.2, 0.25) is 0 Å². The maximum atomic E-state index is 12.6. The van der Waals surface area contributed by atoms with E-state index in [-0.39, 0.29) is 0 Å². The Kier molecular flexibility index (Phi) is 21.6. The maximum absolute atomic E-state index is 12.6. The van der Waals surface area contributed by atoms with Crippen molar-refractivity contribution in [3.8, 4) is 11.5 Å². The normalized spacial score (nSPS) is 17.5. The Morgan fingerprint density at radius 3 is 1.22 bits per heavy atom. The van der Waals surface area contributed by atoms with Gasteiger partial charge in [-0.05, 0) is 117 Å². The Bertz CT molecular complexity index is 2370. The number of carbonyl (C=O) groups is 7. The van der Waals surface area contributed by atoms with E-state index in [0.29, 0.717) is 33.9 Å². The quantitative estimate of drug-likeness (QED) is 0.0681. The number of carboxylic acids is 2. The number of aldehydes is 4. The van der Waals surface area contributed by atoms with Gasteiger partial charge >= 0.3 is 18.0 Å². The number of ether oxygens (including phenoxy) is 3. The van der Waals surface area contributed by atoms with E-state index in [1.54, 1.807) is 132 Å². The molecule has 2 aromatic heterocycles. The van der Waals surface area contributed by atoms with Crippen LogP contribution in [0.2, 0.25) is 0 Å². The Morgan fingerprint density at radius 1 is 0.559 bits per heavy atom. The molecule has 1 saturated carbocycles. The largest absolute Gasteiger partial charge is 0.497 e. The van der Waals surface area contributed by atoms with Crippen molar-refractivity contribution in [3.63, 3.8) is 0 Å². The van der Waals surface area contributed by atoms with E-state index >= 15 is 0 Å². The Balaban J connectivity index is 0.000000265. The molecule has 0 atom stereocenters. The van der Waals surface area contributed by atoms with Crippen molar-refractivity contribution >= 4 is 71.5 Å². The number of likely N-dealkylation sites (N-methyl/N-ethyl adjacent to an activating group) is 2. The summed E-state index contributed by atoms with van der Waals surface area (Å²) in [7, 11) is 6.15. The van der Waals surface area contributed by atoms with E-state index in [2.05, 4.69) is 16.0 Å². The van der Waals surface area contributed by atoms with E-state index < -0.39 is 46.5 Å². The summed E-state index contributed by atoms with van der Waals surface area (Å²) >= 11 is 2.91. The summed E-state index contributed by atoms with van der Waals surface area (Å²) in [6.07, 6.45) is 2.78. The molecule has 0 spiro atoms. The third-order valence-corrected chi connectivity index (χ3v) is 11.8. The number of hydrogen-bond acceptors (Lipinski definition) is 14. The second kappa shape index (κ2) is 26.7. The van der Waals surface area contributed by atoms with Gasteiger partial charge in [-0.2, -0.15) is 0 Å². The highest BCUT2D eigenvalue weighted by atomic mass is 32.1. The lowest BCUT2D eigenvalue weighted by Crippen LogP contribution is -2.84. The molecule has 4 aromatic carbocycles. The van der Waals surface area contributed by atoms with Crippen LogP contribution in [0, 0.1) is 0 Å². The number of methoxy groups -OCH3 is 2. The molecule has 0 saturated heterocycles. The van der Waals surface area contributed by atoms with Gasteiger partial charge in [0.05, 0.1) is 24.0 Å². The van der Waals surface area contributed by atoms with Crippen molar-refractivity contribution in [2.45, 2.75) is 49.3 Å². The first kappa shape index (κ1) is 55.0. The minimum atomic E-state index is -1.55. The highest BCUT2D eigenvalue weighted by Gasteiger charge is 2.78. The van der Waals surface area contributed by atoms with Gasteiger partial charge in [-0.1, -0.05) is 66.7 Å². The van der Waals surface area contributed by atoms with Crippen LogP contribution in [0.4, 0.5) is 10.5 Å². The van der Waals surface area contributed by atoms with E-state index in [1.807, 2.05) is 41.1 Å². The van der Waals surface area contributed by atoms with Crippen molar-refractivity contribution in [2.75, 3.05) is 33.6 Å². The Labute approximate surface area is 403 Å². The molecule has 1 amide bonds. The molecular weight excluding hydrogens is 911 g/mol. The first-order valence-electron chi connectivity index (χ1n) is 20.7. The van der Waals surface area contributed by atoms with Gasteiger partial charge in [-0.15, -0.1) is 22.7 Å². The summed E-state index contributed by atoms with van der Waals surface area (Å²) in [5, 5.41) is 32.9. The van der Waals surface area contributed by atoms with Crippen molar-refractivity contribution in [2.24, 2.45) is 0 Å². The second-order valence-corrected chi connectivity index (χ2v) is 17.4. The topological polar surface area (TPSA) is 224 Å². The lowest BCUT2D eigenvalue weighted by molar-refractivity contribution is -0.172. The molecule has 0 radical (unpaired) electrons. The van der Waals surface area contributed by atoms with Crippen molar-refractivity contribution < 1.29 is 58.0 Å². The van der Waals surface area contributed by atoms with Crippen molar-refractivity contribution in [3.05, 3.63) is 170 Å². The molecule has 68 heavy (non-hydrogen) atoms. The first-order chi connectivity index (χ1) is 32.5. The molecule has 358 valence electrons. The Morgan fingerprint density at radius 2 is 0.956 bits per heavy atom. The van der Waals surface area contributed by atoms with E-state index in [0.717, 1.165) is 40.5 Å². The predicted octanol–water partition coefficient (Wildman–Crippen LogP) is 9.14. The maximum Gasteiger partial charge on any atom is 0.412 e. The fourth-order valence-corrected chi connectivity index (χ4v) is 8.25. The third-order valence-electron chi connectivity index (χ3n) is 10.2. The smallest absolute Gasteiger partial charge is 0.412 e. The molecule has 1 fully saturated rings. The van der Waals surface area contributed by atoms with Gasteiger partial charge in [-0.25, -0.2) is 4.79 Å². The molecular formula is C51H55N3O12S2. The number of nitrogens with one attached hydrogen (secondary N) is 3. The molecule has 1 aliphatic carbocycles. The van der Waals surface area contributed by atoms with Crippen LogP contribution in [0.3, 0.4) is 0 Å². The minimum Gasteiger partial charge on any atom is -0.497 e. The van der Waals surface area contributed by atoms with Gasteiger partial charge < -0.3 is 35.1 Å². The summed E-state index contributed by atoms with van der Waals surface area (Å²) in [4.78, 5) is 78.4. The summed E-state index contributed by atoms with van der Waals surface area (Å²) in [6.45, 7) is 5.38. The predicted molar refractivity (Wildman–Crippen MR) is 263 cm³/mol.